The van der Waals surface area contributed by atoms with E-state index in [4.69, 9.17) is 0 Å². The average Bonchev–Trinajstić information content (AvgIpc) is 3.20. The molecular weight excluding hydrogens is 369 g/mol. The molecule has 0 saturated heterocycles. The molecule has 1 aliphatic carbocycles. The first kappa shape index (κ1) is 16.6. The Labute approximate surface area is 156 Å². The van der Waals surface area contributed by atoms with E-state index in [1.54, 1.807) is 18.2 Å². The van der Waals surface area contributed by atoms with E-state index in [9.17, 15) is 18.0 Å². The fourth-order valence-corrected chi connectivity index (χ4v) is 3.59. The van der Waals surface area contributed by atoms with Crippen LogP contribution >= 0.6 is 0 Å². The minimum Gasteiger partial charge on any atom is -0.406 e. The molecule has 0 fully saturated rings. The zero-order valence-corrected chi connectivity index (χ0v) is 14.2. The lowest BCUT2D eigenvalue weighted by Crippen LogP contribution is -2.16. The zero-order valence-electron chi connectivity index (χ0n) is 14.2. The number of hydrogen-bond acceptors (Lipinski definition) is 3. The molecule has 7 heteroatoms. The number of fused-ring (bicyclic) bond motifs is 4. The summed E-state index contributed by atoms with van der Waals surface area (Å²) < 4.78 is 41.3. The zero-order chi connectivity index (χ0) is 19.5. The Morgan fingerprint density at radius 3 is 2.36 bits per heavy atom. The van der Waals surface area contributed by atoms with Crippen molar-refractivity contribution >= 4 is 16.8 Å². The van der Waals surface area contributed by atoms with E-state index in [2.05, 4.69) is 14.7 Å². The number of imidazole rings is 1. The third kappa shape index (κ3) is 2.55. The molecule has 0 radical (unpaired) electrons. The number of ether oxygens (including phenoxy) is 1. The first-order chi connectivity index (χ1) is 13.4. The van der Waals surface area contributed by atoms with Gasteiger partial charge in [0.25, 0.3) is 0 Å². The molecule has 28 heavy (non-hydrogen) atoms. The minimum absolute atomic E-state index is 0.0515. The van der Waals surface area contributed by atoms with Gasteiger partial charge in [0, 0.05) is 28.3 Å². The summed E-state index contributed by atoms with van der Waals surface area (Å²) in [5.74, 6) is 0.0963. The number of aromatic amines is 1. The lowest BCUT2D eigenvalue weighted by molar-refractivity contribution is -0.274. The fraction of sp³-hybridized carbons (Fsp3) is 0.0476. The number of carbonyl (C=O) groups is 1. The maximum Gasteiger partial charge on any atom is 0.573 e. The van der Waals surface area contributed by atoms with Crippen LogP contribution in [0.4, 0.5) is 13.2 Å². The highest BCUT2D eigenvalue weighted by atomic mass is 19.4. The van der Waals surface area contributed by atoms with E-state index < -0.39 is 6.36 Å². The third-order valence-corrected chi connectivity index (χ3v) is 4.69. The Hall–Kier alpha value is -3.61. The van der Waals surface area contributed by atoms with Crippen LogP contribution in [0.3, 0.4) is 0 Å². The quantitative estimate of drug-likeness (QED) is 0.450. The number of benzene rings is 3. The van der Waals surface area contributed by atoms with Crippen molar-refractivity contribution < 1.29 is 22.7 Å². The number of aromatic nitrogens is 2. The maximum atomic E-state index is 12.7. The second-order valence-electron chi connectivity index (χ2n) is 6.42. The van der Waals surface area contributed by atoms with Crippen LogP contribution in [-0.2, 0) is 0 Å². The lowest BCUT2D eigenvalue weighted by atomic mass is 9.99. The number of nitrogens with one attached hydrogen (secondary N) is 1. The van der Waals surface area contributed by atoms with E-state index in [1.807, 2.05) is 24.3 Å². The standard InChI is InChI=1S/C21H11F3N2O2/c22-21(23,24)28-11-8-9-16-17(10-11)26-20(25-16)15-7-3-6-14-18(15)12-4-1-2-5-13(12)19(14)27/h1-10H,(H,25,26). The Morgan fingerprint density at radius 2 is 1.57 bits per heavy atom. The predicted octanol–water partition coefficient (Wildman–Crippen LogP) is 5.34. The first-order valence-electron chi connectivity index (χ1n) is 8.44. The van der Waals surface area contributed by atoms with E-state index >= 15 is 0 Å². The van der Waals surface area contributed by atoms with Gasteiger partial charge in [-0.25, -0.2) is 4.98 Å². The van der Waals surface area contributed by atoms with Crippen molar-refractivity contribution in [3.63, 3.8) is 0 Å². The lowest BCUT2D eigenvalue weighted by Gasteiger charge is -2.07. The summed E-state index contributed by atoms with van der Waals surface area (Å²) in [7, 11) is 0. The number of halogens is 3. The molecule has 1 N–H and O–H groups in total. The van der Waals surface area contributed by atoms with E-state index in [0.717, 1.165) is 11.1 Å². The second-order valence-corrected chi connectivity index (χ2v) is 6.42. The number of nitrogens with zero attached hydrogens (tertiary/aromatic N) is 1. The number of H-pyrrole nitrogens is 1. The Kier molecular flexibility index (Phi) is 3.37. The fourth-order valence-electron chi connectivity index (χ4n) is 3.59. The summed E-state index contributed by atoms with van der Waals surface area (Å²) >= 11 is 0. The smallest absolute Gasteiger partial charge is 0.406 e. The predicted molar refractivity (Wildman–Crippen MR) is 97.1 cm³/mol. The Balaban J connectivity index is 1.66. The van der Waals surface area contributed by atoms with Crippen molar-refractivity contribution in [1.82, 2.24) is 9.97 Å². The van der Waals surface area contributed by atoms with Gasteiger partial charge in [0.15, 0.2) is 5.78 Å². The Morgan fingerprint density at radius 1 is 0.857 bits per heavy atom. The molecule has 1 aliphatic rings. The van der Waals surface area contributed by atoms with Crippen molar-refractivity contribution in [2.24, 2.45) is 0 Å². The molecule has 0 spiro atoms. The summed E-state index contributed by atoms with van der Waals surface area (Å²) in [6.07, 6.45) is -4.76. The van der Waals surface area contributed by atoms with Crippen molar-refractivity contribution in [1.29, 1.82) is 0 Å². The van der Waals surface area contributed by atoms with Gasteiger partial charge in [-0.2, -0.15) is 0 Å². The van der Waals surface area contributed by atoms with Gasteiger partial charge in [-0.1, -0.05) is 42.5 Å². The van der Waals surface area contributed by atoms with Crippen LogP contribution in [-0.4, -0.2) is 22.1 Å². The normalized spacial score (nSPS) is 12.9. The van der Waals surface area contributed by atoms with Crippen molar-refractivity contribution in [3.8, 4) is 28.3 Å². The largest absolute Gasteiger partial charge is 0.573 e. The highest BCUT2D eigenvalue weighted by Gasteiger charge is 2.32. The van der Waals surface area contributed by atoms with Crippen LogP contribution in [0.1, 0.15) is 15.9 Å². The highest BCUT2D eigenvalue weighted by molar-refractivity contribution is 6.23. The minimum atomic E-state index is -4.76. The summed E-state index contributed by atoms with van der Waals surface area (Å²) in [4.78, 5) is 20.2. The highest BCUT2D eigenvalue weighted by Crippen LogP contribution is 2.42. The van der Waals surface area contributed by atoms with Gasteiger partial charge in [-0.3, -0.25) is 4.79 Å². The van der Waals surface area contributed by atoms with Gasteiger partial charge in [0.1, 0.15) is 11.6 Å². The molecule has 3 aromatic carbocycles. The van der Waals surface area contributed by atoms with Crippen LogP contribution in [0.2, 0.25) is 0 Å². The monoisotopic (exact) mass is 380 g/mol. The molecule has 4 nitrogen and oxygen atoms in total. The van der Waals surface area contributed by atoms with Gasteiger partial charge < -0.3 is 9.72 Å². The van der Waals surface area contributed by atoms with E-state index in [-0.39, 0.29) is 11.5 Å². The van der Waals surface area contributed by atoms with Crippen molar-refractivity contribution in [3.05, 3.63) is 71.8 Å². The molecule has 0 bridgehead atoms. The molecule has 0 unspecified atom stereocenters. The summed E-state index contributed by atoms with van der Waals surface area (Å²) in [6.45, 7) is 0. The molecule has 4 aromatic rings. The van der Waals surface area contributed by atoms with E-state index in [1.165, 1.54) is 18.2 Å². The maximum absolute atomic E-state index is 12.7. The molecule has 5 rings (SSSR count). The molecule has 0 aliphatic heterocycles. The SMILES string of the molecule is O=C1c2ccccc2-c2c1cccc2-c1nc2ccc(OC(F)(F)F)cc2[nH]1. The summed E-state index contributed by atoms with van der Waals surface area (Å²) in [5, 5.41) is 0. The molecule has 1 aromatic heterocycles. The molecule has 0 saturated carbocycles. The molecular formula is C21H11F3N2O2. The molecule has 138 valence electrons. The van der Waals surface area contributed by atoms with E-state index in [0.29, 0.717) is 33.5 Å². The first-order valence-corrected chi connectivity index (χ1v) is 8.44. The van der Waals surface area contributed by atoms with Gasteiger partial charge in [0.2, 0.25) is 0 Å². The second kappa shape index (κ2) is 5.69. The van der Waals surface area contributed by atoms with Crippen LogP contribution in [0.5, 0.6) is 5.75 Å². The molecule has 0 atom stereocenters. The summed E-state index contributed by atoms with van der Waals surface area (Å²) in [6, 6.07) is 16.6. The molecule has 0 amide bonds. The number of hydrogen-bond donors (Lipinski definition) is 1. The molecule has 1 heterocycles. The topological polar surface area (TPSA) is 55.0 Å². The van der Waals surface area contributed by atoms with Crippen molar-refractivity contribution in [2.75, 3.05) is 0 Å². The van der Waals surface area contributed by atoms with Crippen LogP contribution < -0.4 is 4.74 Å². The number of carbonyl (C=O) groups excluding carboxylic acids is 1. The Bertz CT molecular complexity index is 1260. The van der Waals surface area contributed by atoms with Crippen molar-refractivity contribution in [2.45, 2.75) is 6.36 Å². The van der Waals surface area contributed by atoms with Gasteiger partial charge >= 0.3 is 6.36 Å². The van der Waals surface area contributed by atoms with Crippen LogP contribution in [0.15, 0.2) is 60.7 Å². The number of alkyl halides is 3. The van der Waals surface area contributed by atoms with Gasteiger partial charge in [-0.15, -0.1) is 13.2 Å². The average molecular weight is 380 g/mol. The number of rotatable bonds is 2. The number of ketones is 1. The third-order valence-electron chi connectivity index (χ3n) is 4.69. The van der Waals surface area contributed by atoms with Crippen LogP contribution in [0.25, 0.3) is 33.5 Å². The van der Waals surface area contributed by atoms with Crippen LogP contribution in [0, 0.1) is 0 Å². The summed E-state index contributed by atoms with van der Waals surface area (Å²) in [5.41, 5.74) is 4.42. The van der Waals surface area contributed by atoms with Gasteiger partial charge in [0.05, 0.1) is 11.0 Å². The van der Waals surface area contributed by atoms with Gasteiger partial charge in [-0.05, 0) is 17.7 Å².